The molecule has 0 aliphatic carbocycles. The number of aryl methyl sites for hydroxylation is 1. The molecule has 4 rings (SSSR count). The molecule has 0 bridgehead atoms. The first-order chi connectivity index (χ1) is 12.6. The van der Waals surface area contributed by atoms with Crippen LogP contribution in [0.5, 0.6) is 0 Å². The van der Waals surface area contributed by atoms with E-state index in [1.165, 1.54) is 0 Å². The Hall–Kier alpha value is -1.80. The standard InChI is InChI=1S/C18H27FN6O/c1-13-2-4-20-18(22-13)24-8-6-23(7-9-24)15-10-16(21-11-15)17(26)25-5-3-14(19)12-25/h2,4,14-16,21H,3,5-12H2,1H3/t14-,15-,16-/m0/s1. The summed E-state index contributed by atoms with van der Waals surface area (Å²) in [5, 5.41) is 3.35. The fraction of sp³-hybridized carbons (Fsp3) is 0.722. The van der Waals surface area contributed by atoms with Crippen LogP contribution in [0.15, 0.2) is 12.3 Å². The number of halogens is 1. The van der Waals surface area contributed by atoms with Crippen LogP contribution in [0, 0.1) is 6.92 Å². The molecule has 0 aromatic carbocycles. The van der Waals surface area contributed by atoms with E-state index in [0.717, 1.165) is 50.8 Å². The second-order valence-electron chi connectivity index (χ2n) is 7.54. The predicted octanol–water partition coefficient (Wildman–Crippen LogP) is 0.208. The summed E-state index contributed by atoms with van der Waals surface area (Å²) in [6, 6.07) is 2.11. The molecule has 8 heteroatoms. The Bertz CT molecular complexity index is 650. The maximum absolute atomic E-state index is 13.4. The van der Waals surface area contributed by atoms with Crippen LogP contribution in [0.2, 0.25) is 0 Å². The van der Waals surface area contributed by atoms with Gasteiger partial charge in [-0.05, 0) is 25.8 Å². The third kappa shape index (κ3) is 3.66. The number of rotatable bonds is 3. The minimum absolute atomic E-state index is 0.0689. The Balaban J connectivity index is 1.28. The minimum atomic E-state index is -0.854. The maximum atomic E-state index is 13.4. The Morgan fingerprint density at radius 2 is 2.08 bits per heavy atom. The van der Waals surface area contributed by atoms with Gasteiger partial charge in [0.2, 0.25) is 11.9 Å². The van der Waals surface area contributed by atoms with E-state index in [-0.39, 0.29) is 18.5 Å². The van der Waals surface area contributed by atoms with Gasteiger partial charge in [0.15, 0.2) is 0 Å². The molecule has 4 heterocycles. The Labute approximate surface area is 153 Å². The summed E-state index contributed by atoms with van der Waals surface area (Å²) < 4.78 is 13.4. The quantitative estimate of drug-likeness (QED) is 0.829. The van der Waals surface area contributed by atoms with Crippen LogP contribution in [0.3, 0.4) is 0 Å². The fourth-order valence-corrected chi connectivity index (χ4v) is 4.20. The first kappa shape index (κ1) is 17.6. The molecule has 26 heavy (non-hydrogen) atoms. The second-order valence-corrected chi connectivity index (χ2v) is 7.54. The lowest BCUT2D eigenvalue weighted by Gasteiger charge is -2.37. The lowest BCUT2D eigenvalue weighted by atomic mass is 10.1. The Morgan fingerprint density at radius 1 is 1.27 bits per heavy atom. The molecule has 3 atom stereocenters. The molecule has 0 spiro atoms. The van der Waals surface area contributed by atoms with E-state index in [0.29, 0.717) is 19.0 Å². The lowest BCUT2D eigenvalue weighted by Crippen LogP contribution is -2.51. The summed E-state index contributed by atoms with van der Waals surface area (Å²) in [6.45, 7) is 7.30. The van der Waals surface area contributed by atoms with E-state index in [1.54, 1.807) is 4.90 Å². The molecule has 0 radical (unpaired) electrons. The fourth-order valence-electron chi connectivity index (χ4n) is 4.20. The molecule has 3 saturated heterocycles. The van der Waals surface area contributed by atoms with Gasteiger partial charge in [0, 0.05) is 57.2 Å². The first-order valence-electron chi connectivity index (χ1n) is 9.55. The molecular weight excluding hydrogens is 335 g/mol. The molecule has 1 amide bonds. The van der Waals surface area contributed by atoms with Crippen LogP contribution in [-0.4, -0.2) is 89.7 Å². The molecule has 3 aliphatic heterocycles. The van der Waals surface area contributed by atoms with Crippen LogP contribution in [0.4, 0.5) is 10.3 Å². The summed E-state index contributed by atoms with van der Waals surface area (Å²) in [5.74, 6) is 0.872. The third-order valence-electron chi connectivity index (χ3n) is 5.74. The predicted molar refractivity (Wildman–Crippen MR) is 96.8 cm³/mol. The normalized spacial score (nSPS) is 30.2. The molecule has 3 aliphatic rings. The van der Waals surface area contributed by atoms with E-state index in [1.807, 2.05) is 19.2 Å². The van der Waals surface area contributed by atoms with Gasteiger partial charge >= 0.3 is 0 Å². The SMILES string of the molecule is Cc1ccnc(N2CCN([C@@H]3CN[C@H](C(=O)N4CC[C@H](F)C4)C3)CC2)n1. The summed E-state index contributed by atoms with van der Waals surface area (Å²) in [6.07, 6.45) is 2.24. The number of anilines is 1. The largest absolute Gasteiger partial charge is 0.338 e. The van der Waals surface area contributed by atoms with E-state index in [9.17, 15) is 9.18 Å². The van der Waals surface area contributed by atoms with Crippen LogP contribution in [-0.2, 0) is 4.79 Å². The van der Waals surface area contributed by atoms with Crippen LogP contribution < -0.4 is 10.2 Å². The highest BCUT2D eigenvalue weighted by Gasteiger charge is 2.38. The highest BCUT2D eigenvalue weighted by Crippen LogP contribution is 2.21. The van der Waals surface area contributed by atoms with Crippen LogP contribution >= 0.6 is 0 Å². The number of piperazine rings is 1. The summed E-state index contributed by atoms with van der Waals surface area (Å²) in [4.78, 5) is 27.8. The van der Waals surface area contributed by atoms with Gasteiger partial charge in [-0.15, -0.1) is 0 Å². The molecule has 1 aromatic rings. The summed E-state index contributed by atoms with van der Waals surface area (Å²) in [7, 11) is 0. The van der Waals surface area contributed by atoms with Crippen LogP contribution in [0.1, 0.15) is 18.5 Å². The van der Waals surface area contributed by atoms with E-state index < -0.39 is 6.17 Å². The van der Waals surface area contributed by atoms with Crippen molar-refractivity contribution in [2.75, 3.05) is 50.7 Å². The number of carbonyl (C=O) groups is 1. The van der Waals surface area contributed by atoms with Crippen LogP contribution in [0.25, 0.3) is 0 Å². The smallest absolute Gasteiger partial charge is 0.239 e. The topological polar surface area (TPSA) is 64.6 Å². The number of amides is 1. The Kier molecular flexibility index (Phi) is 5.04. The average Bonchev–Trinajstić information content (AvgIpc) is 3.31. The van der Waals surface area contributed by atoms with Crippen molar-refractivity contribution in [3.63, 3.8) is 0 Å². The molecular formula is C18H27FN6O. The summed E-state index contributed by atoms with van der Waals surface area (Å²) >= 11 is 0. The molecule has 0 saturated carbocycles. The van der Waals surface area contributed by atoms with Gasteiger partial charge in [-0.2, -0.15) is 0 Å². The van der Waals surface area contributed by atoms with Gasteiger partial charge < -0.3 is 15.1 Å². The van der Waals surface area contributed by atoms with Gasteiger partial charge in [-0.3, -0.25) is 9.69 Å². The Morgan fingerprint density at radius 3 is 2.77 bits per heavy atom. The zero-order valence-corrected chi connectivity index (χ0v) is 15.3. The molecule has 0 unspecified atom stereocenters. The number of nitrogens with one attached hydrogen (secondary N) is 1. The van der Waals surface area contributed by atoms with Gasteiger partial charge in [0.05, 0.1) is 12.6 Å². The monoisotopic (exact) mass is 362 g/mol. The highest BCUT2D eigenvalue weighted by atomic mass is 19.1. The van der Waals surface area contributed by atoms with E-state index in [4.69, 9.17) is 0 Å². The average molecular weight is 362 g/mol. The van der Waals surface area contributed by atoms with Gasteiger partial charge in [-0.25, -0.2) is 14.4 Å². The maximum Gasteiger partial charge on any atom is 0.239 e. The van der Waals surface area contributed by atoms with E-state index in [2.05, 4.69) is 25.1 Å². The van der Waals surface area contributed by atoms with Crippen molar-refractivity contribution in [2.45, 2.75) is 38.0 Å². The van der Waals surface area contributed by atoms with Gasteiger partial charge in [-0.1, -0.05) is 0 Å². The first-order valence-corrected chi connectivity index (χ1v) is 9.55. The molecule has 7 nitrogen and oxygen atoms in total. The van der Waals surface area contributed by atoms with Crippen molar-refractivity contribution >= 4 is 11.9 Å². The van der Waals surface area contributed by atoms with Crippen molar-refractivity contribution in [1.82, 2.24) is 25.1 Å². The highest BCUT2D eigenvalue weighted by molar-refractivity contribution is 5.82. The van der Waals surface area contributed by atoms with Gasteiger partial charge in [0.25, 0.3) is 0 Å². The van der Waals surface area contributed by atoms with Crippen molar-refractivity contribution in [3.05, 3.63) is 18.0 Å². The number of nitrogens with zero attached hydrogens (tertiary/aromatic N) is 5. The van der Waals surface area contributed by atoms with Gasteiger partial charge in [0.1, 0.15) is 6.17 Å². The zero-order valence-electron chi connectivity index (χ0n) is 15.3. The lowest BCUT2D eigenvalue weighted by molar-refractivity contribution is -0.132. The van der Waals surface area contributed by atoms with Crippen molar-refractivity contribution < 1.29 is 9.18 Å². The minimum Gasteiger partial charge on any atom is -0.338 e. The molecule has 1 N–H and O–H groups in total. The third-order valence-corrected chi connectivity index (χ3v) is 5.74. The number of likely N-dealkylation sites (tertiary alicyclic amines) is 1. The number of hydrogen-bond acceptors (Lipinski definition) is 6. The van der Waals surface area contributed by atoms with Crippen molar-refractivity contribution in [2.24, 2.45) is 0 Å². The van der Waals surface area contributed by atoms with E-state index >= 15 is 0 Å². The summed E-state index contributed by atoms with van der Waals surface area (Å²) in [5.41, 5.74) is 0.983. The second kappa shape index (κ2) is 7.44. The number of alkyl halides is 1. The number of hydrogen-bond donors (Lipinski definition) is 1. The number of carbonyl (C=O) groups excluding carboxylic acids is 1. The molecule has 142 valence electrons. The number of aromatic nitrogens is 2. The van der Waals surface area contributed by atoms with Crippen molar-refractivity contribution in [1.29, 1.82) is 0 Å². The molecule has 1 aromatic heterocycles. The van der Waals surface area contributed by atoms with Crippen molar-refractivity contribution in [3.8, 4) is 0 Å². The molecule has 3 fully saturated rings. The zero-order chi connectivity index (χ0) is 18.1.